The van der Waals surface area contributed by atoms with Crippen LogP contribution in [0.4, 0.5) is 14.4 Å². The Morgan fingerprint density at radius 3 is 1.61 bits per heavy atom. The van der Waals surface area contributed by atoms with Crippen LogP contribution in [0.25, 0.3) is 0 Å². The lowest BCUT2D eigenvalue weighted by atomic mass is 9.87. The number of unbranched alkanes of at least 4 members (excludes halogenated alkanes) is 1. The molecule has 1 fully saturated rings. The highest BCUT2D eigenvalue weighted by molar-refractivity contribution is 5.97. The number of hydrogen-bond acceptors (Lipinski definition) is 12. The zero-order chi connectivity index (χ0) is 53.7. The highest BCUT2D eigenvalue weighted by Gasteiger charge is 2.48. The van der Waals surface area contributed by atoms with Crippen molar-refractivity contribution < 1.29 is 57.3 Å². The van der Waals surface area contributed by atoms with Gasteiger partial charge >= 0.3 is 24.2 Å². The van der Waals surface area contributed by atoms with E-state index in [4.69, 9.17) is 18.9 Å². The molecule has 1 aliphatic carbocycles. The van der Waals surface area contributed by atoms with E-state index < -0.39 is 93.9 Å². The second-order valence-corrected chi connectivity index (χ2v) is 22.2. The molecule has 4 rings (SSSR count). The molecule has 2 aromatic carbocycles. The molecule has 7 amide bonds. The number of amides is 7. The minimum atomic E-state index is -1.51. The average molecular weight is 1010 g/mol. The number of likely N-dealkylation sites (tertiary alicyclic amines) is 1. The number of methoxy groups -OCH3 is 1. The summed E-state index contributed by atoms with van der Waals surface area (Å²) in [5.41, 5.74) is -2.97. The number of ether oxygens (including phenoxy) is 4. The number of esters is 1. The molecule has 1 heterocycles. The number of fused-ring (bicyclic) bond motifs is 1. The Labute approximate surface area is 424 Å². The minimum Gasteiger partial charge on any atom is -0.467 e. The predicted molar refractivity (Wildman–Crippen MR) is 269 cm³/mol. The highest BCUT2D eigenvalue weighted by Crippen LogP contribution is 2.32. The Kier molecular flexibility index (Phi) is 20.1. The number of hydrogen-bond donors (Lipinski definition) is 6. The maximum Gasteiger partial charge on any atom is 0.408 e. The molecule has 0 radical (unpaired) electrons. The number of carbonyl (C=O) groups excluding carboxylic acids is 8. The van der Waals surface area contributed by atoms with Gasteiger partial charge in [0, 0.05) is 38.9 Å². The summed E-state index contributed by atoms with van der Waals surface area (Å²) in [6.45, 7) is 19.5. The number of alkyl carbamates (subject to hydrolysis) is 3. The van der Waals surface area contributed by atoms with Crippen molar-refractivity contribution in [2.75, 3.05) is 26.7 Å². The van der Waals surface area contributed by atoms with Gasteiger partial charge in [-0.1, -0.05) is 68.4 Å². The molecule has 6 N–H and O–H groups in total. The fourth-order valence-corrected chi connectivity index (χ4v) is 8.66. The first-order valence-corrected chi connectivity index (χ1v) is 24.9. The lowest BCUT2D eigenvalue weighted by Crippen LogP contribution is -2.64. The molecule has 1 saturated heterocycles. The third kappa shape index (κ3) is 18.0. The summed E-state index contributed by atoms with van der Waals surface area (Å²) in [4.78, 5) is 112. The minimum absolute atomic E-state index is 0.00759. The molecule has 398 valence electrons. The largest absolute Gasteiger partial charge is 0.467 e. The molecule has 1 unspecified atom stereocenters. The second kappa shape index (κ2) is 24.8. The van der Waals surface area contributed by atoms with Crippen LogP contribution in [0.2, 0.25) is 0 Å². The Bertz CT molecular complexity index is 2200. The van der Waals surface area contributed by atoms with Gasteiger partial charge in [0.25, 0.3) is 0 Å². The van der Waals surface area contributed by atoms with Crippen molar-refractivity contribution in [1.82, 2.24) is 36.8 Å². The zero-order valence-electron chi connectivity index (χ0n) is 44.3. The zero-order valence-corrected chi connectivity index (χ0v) is 44.3. The van der Waals surface area contributed by atoms with Gasteiger partial charge in [0.1, 0.15) is 46.0 Å². The number of nitrogens with one attached hydrogen (secondary N) is 6. The van der Waals surface area contributed by atoms with Crippen LogP contribution in [-0.2, 0) is 62.2 Å². The van der Waals surface area contributed by atoms with Gasteiger partial charge in [-0.15, -0.1) is 0 Å². The first-order chi connectivity index (χ1) is 33.5. The maximum absolute atomic E-state index is 14.7. The van der Waals surface area contributed by atoms with E-state index in [9.17, 15) is 38.4 Å². The van der Waals surface area contributed by atoms with Crippen molar-refractivity contribution in [3.8, 4) is 0 Å². The van der Waals surface area contributed by atoms with Crippen LogP contribution < -0.4 is 31.9 Å². The van der Waals surface area contributed by atoms with Crippen molar-refractivity contribution in [3.63, 3.8) is 0 Å². The second-order valence-electron chi connectivity index (χ2n) is 22.2. The van der Waals surface area contributed by atoms with Crippen LogP contribution in [-0.4, -0.2) is 126 Å². The molecule has 2 aliphatic rings. The van der Waals surface area contributed by atoms with E-state index in [1.807, 2.05) is 56.3 Å². The van der Waals surface area contributed by atoms with E-state index in [1.165, 1.54) is 12.0 Å². The first-order valence-electron chi connectivity index (χ1n) is 24.9. The van der Waals surface area contributed by atoms with Gasteiger partial charge < -0.3 is 55.7 Å². The molecule has 0 aromatic heterocycles. The maximum atomic E-state index is 14.7. The molecule has 19 heteroatoms. The molecule has 72 heavy (non-hydrogen) atoms. The first kappa shape index (κ1) is 58.2. The SMILES string of the molecule is COC(=O)C1(NC(=O)OC(C)(C)C)CCN(C(=O)[C@@H](CCCCNC(=O)OC(C)(C)C)NC(=O)C(CC(C)C)NC(=O)[C@@H](Cc2ccccc2)NC(=O)C2(NC(=O)OC(C)(C)C)Cc3ccccc3C2)CC1. The molecular formula is C53H79N7O12. The predicted octanol–water partition coefficient (Wildman–Crippen LogP) is 5.55. The summed E-state index contributed by atoms with van der Waals surface area (Å²) in [6, 6.07) is 13.0. The molecule has 0 spiro atoms. The number of carbonyl (C=O) groups is 8. The summed E-state index contributed by atoms with van der Waals surface area (Å²) in [7, 11) is 1.21. The molecular weight excluding hydrogens is 927 g/mol. The molecule has 2 aromatic rings. The van der Waals surface area contributed by atoms with E-state index in [0.717, 1.165) is 16.7 Å². The van der Waals surface area contributed by atoms with Crippen molar-refractivity contribution in [3.05, 3.63) is 71.3 Å². The number of rotatable bonds is 19. The van der Waals surface area contributed by atoms with E-state index in [-0.39, 0.29) is 70.5 Å². The van der Waals surface area contributed by atoms with Gasteiger partial charge in [-0.25, -0.2) is 19.2 Å². The van der Waals surface area contributed by atoms with Crippen LogP contribution in [0.3, 0.4) is 0 Å². The summed E-state index contributed by atoms with van der Waals surface area (Å²) in [5, 5.41) is 17.0. The monoisotopic (exact) mass is 1010 g/mol. The Morgan fingerprint density at radius 1 is 0.611 bits per heavy atom. The molecule has 19 nitrogen and oxygen atoms in total. The van der Waals surface area contributed by atoms with Crippen LogP contribution in [0.15, 0.2) is 54.6 Å². The fourth-order valence-electron chi connectivity index (χ4n) is 8.66. The van der Waals surface area contributed by atoms with Gasteiger partial charge in [-0.3, -0.25) is 19.2 Å². The van der Waals surface area contributed by atoms with Crippen LogP contribution in [0.1, 0.15) is 131 Å². The topological polar surface area (TPSA) is 249 Å². The quantitative estimate of drug-likeness (QED) is 0.0577. The average Bonchev–Trinajstić information content (AvgIpc) is 3.65. The normalized spacial score (nSPS) is 16.4. The van der Waals surface area contributed by atoms with Crippen LogP contribution in [0, 0.1) is 5.92 Å². The van der Waals surface area contributed by atoms with Gasteiger partial charge in [-0.2, -0.15) is 0 Å². The Hall–Kier alpha value is -6.40. The molecule has 0 bridgehead atoms. The van der Waals surface area contributed by atoms with Crippen molar-refractivity contribution in [1.29, 1.82) is 0 Å². The van der Waals surface area contributed by atoms with Gasteiger partial charge in [0.2, 0.25) is 23.6 Å². The Morgan fingerprint density at radius 2 is 1.10 bits per heavy atom. The number of nitrogens with zero attached hydrogens (tertiary/aromatic N) is 1. The van der Waals surface area contributed by atoms with E-state index >= 15 is 0 Å². The molecule has 3 atom stereocenters. The highest BCUT2D eigenvalue weighted by atomic mass is 16.6. The summed E-state index contributed by atoms with van der Waals surface area (Å²) in [6.07, 6.45) is -0.813. The number of piperidine rings is 1. The molecule has 0 saturated carbocycles. The molecule has 1 aliphatic heterocycles. The third-order valence-electron chi connectivity index (χ3n) is 12.0. The van der Waals surface area contributed by atoms with Gasteiger partial charge in [0.05, 0.1) is 7.11 Å². The lowest BCUT2D eigenvalue weighted by molar-refractivity contribution is -0.153. The third-order valence-corrected chi connectivity index (χ3v) is 12.0. The fraction of sp³-hybridized carbons (Fsp3) is 0.623. The smallest absolute Gasteiger partial charge is 0.408 e. The van der Waals surface area contributed by atoms with E-state index in [0.29, 0.717) is 12.8 Å². The summed E-state index contributed by atoms with van der Waals surface area (Å²) < 4.78 is 21.5. The lowest BCUT2D eigenvalue weighted by Gasteiger charge is -2.41. The summed E-state index contributed by atoms with van der Waals surface area (Å²) >= 11 is 0. The van der Waals surface area contributed by atoms with E-state index in [1.54, 1.807) is 74.4 Å². The van der Waals surface area contributed by atoms with Crippen LogP contribution in [0.5, 0.6) is 0 Å². The number of benzene rings is 2. The van der Waals surface area contributed by atoms with Crippen molar-refractivity contribution in [2.45, 2.75) is 180 Å². The van der Waals surface area contributed by atoms with Gasteiger partial charge in [0.15, 0.2) is 0 Å². The standard InChI is InChI=1S/C53H79N7O12/c1-34(2)30-39(56-42(62)40(31-35-20-14-13-15-21-35)57-44(64)53(59-48(68)72-51(9,10)11)32-36-22-16-17-23-37(36)33-53)41(61)55-38(24-18-19-27-54-46(66)70-49(3,4)5)43(63)60-28-25-52(26-29-60,45(65)69-12)58-47(67)71-50(6,7)8/h13-17,20-23,34,38-40H,18-19,24-33H2,1-12H3,(H,54,66)(H,55,61)(H,56,62)(H,57,64)(H,58,67)(H,59,68)/t38-,39?,40-/m1/s1. The van der Waals surface area contributed by atoms with E-state index in [2.05, 4.69) is 31.9 Å². The van der Waals surface area contributed by atoms with Gasteiger partial charge in [-0.05, 0) is 123 Å². The van der Waals surface area contributed by atoms with Crippen LogP contribution >= 0.6 is 0 Å². The van der Waals surface area contributed by atoms with Crippen molar-refractivity contribution >= 4 is 47.9 Å². The summed E-state index contributed by atoms with van der Waals surface area (Å²) in [5.74, 6) is -3.20. The van der Waals surface area contributed by atoms with Crippen molar-refractivity contribution in [2.24, 2.45) is 5.92 Å². The Balaban J connectivity index is 1.60.